The Kier molecular flexibility index (Phi) is 4.40. The predicted octanol–water partition coefficient (Wildman–Crippen LogP) is 3.90. The van der Waals surface area contributed by atoms with Gasteiger partial charge in [0.1, 0.15) is 5.65 Å². The van der Waals surface area contributed by atoms with Crippen LogP contribution in [0.25, 0.3) is 27.7 Å². The molecule has 6 heteroatoms. The van der Waals surface area contributed by atoms with Gasteiger partial charge in [-0.15, -0.1) is 0 Å². The van der Waals surface area contributed by atoms with Crippen molar-refractivity contribution in [3.05, 3.63) is 59.4 Å². The predicted molar refractivity (Wildman–Crippen MR) is 110 cm³/mol. The monoisotopic (exact) mass is 381 g/mol. The van der Waals surface area contributed by atoms with Crippen LogP contribution in [-0.4, -0.2) is 42.0 Å². The zero-order valence-corrected chi connectivity index (χ0v) is 16.6. The minimum Gasteiger partial charge on any atom is -0.339 e. The highest BCUT2D eigenvalue weighted by Crippen LogP contribution is 2.33. The summed E-state index contributed by atoms with van der Waals surface area (Å²) >= 11 is 0. The second-order valence-electron chi connectivity index (χ2n) is 7.22. The molecule has 140 valence electrons. The van der Waals surface area contributed by atoms with Gasteiger partial charge in [-0.3, -0.25) is 0 Å². The molecule has 0 unspecified atom stereocenters. The summed E-state index contributed by atoms with van der Waals surface area (Å²) in [6.45, 7) is 5.16. The molecule has 1 N–H and O–H groups in total. The third-order valence-corrected chi connectivity index (χ3v) is 6.46. The Morgan fingerprint density at radius 2 is 1.93 bits per heavy atom. The molecule has 2 aromatic heterocycles. The van der Waals surface area contributed by atoms with Crippen molar-refractivity contribution in [2.75, 3.05) is 19.3 Å². The Labute approximate surface area is 159 Å². The van der Waals surface area contributed by atoms with Crippen LogP contribution < -0.4 is 0 Å². The number of nitrogens with zero attached hydrogens (tertiary/aromatic N) is 2. The first kappa shape index (κ1) is 17.9. The van der Waals surface area contributed by atoms with Crippen molar-refractivity contribution in [1.82, 2.24) is 14.3 Å². The van der Waals surface area contributed by atoms with Crippen LogP contribution in [0.3, 0.4) is 0 Å². The van der Waals surface area contributed by atoms with Gasteiger partial charge in [0.25, 0.3) is 0 Å². The van der Waals surface area contributed by atoms with Crippen LogP contribution in [0.15, 0.2) is 42.6 Å². The summed E-state index contributed by atoms with van der Waals surface area (Å²) in [6.07, 6.45) is 5.78. The Morgan fingerprint density at radius 3 is 2.59 bits per heavy atom. The van der Waals surface area contributed by atoms with E-state index in [4.69, 9.17) is 0 Å². The lowest BCUT2D eigenvalue weighted by Gasteiger charge is -2.23. The molecular formula is C21H23N3O2S. The number of hydrogen-bond acceptors (Lipinski definition) is 3. The largest absolute Gasteiger partial charge is 0.339 e. The van der Waals surface area contributed by atoms with Crippen LogP contribution in [0.2, 0.25) is 0 Å². The van der Waals surface area contributed by atoms with Gasteiger partial charge in [0.05, 0.1) is 6.26 Å². The molecule has 0 amide bonds. The highest BCUT2D eigenvalue weighted by molar-refractivity contribution is 7.88. The third-order valence-electron chi connectivity index (χ3n) is 5.19. The average molecular weight is 382 g/mol. The Balaban J connectivity index is 1.75. The maximum absolute atomic E-state index is 11.7. The molecule has 0 bridgehead atoms. The fourth-order valence-corrected chi connectivity index (χ4v) is 4.52. The van der Waals surface area contributed by atoms with Gasteiger partial charge in [0.2, 0.25) is 10.0 Å². The first-order valence-corrected chi connectivity index (χ1v) is 10.9. The quantitative estimate of drug-likeness (QED) is 0.748. The first-order valence-electron chi connectivity index (χ1n) is 9.03. The van der Waals surface area contributed by atoms with Crippen molar-refractivity contribution in [1.29, 1.82) is 0 Å². The van der Waals surface area contributed by atoms with Crippen LogP contribution in [0.4, 0.5) is 0 Å². The molecule has 5 nitrogen and oxygen atoms in total. The molecule has 0 atom stereocenters. The second kappa shape index (κ2) is 6.62. The number of rotatable bonds is 3. The van der Waals surface area contributed by atoms with Gasteiger partial charge >= 0.3 is 0 Å². The minimum absolute atomic E-state index is 0.418. The fourth-order valence-electron chi connectivity index (χ4n) is 3.75. The fraction of sp³-hybridized carbons (Fsp3) is 0.286. The molecule has 0 spiro atoms. The zero-order chi connectivity index (χ0) is 19.2. The van der Waals surface area contributed by atoms with Gasteiger partial charge < -0.3 is 4.98 Å². The van der Waals surface area contributed by atoms with Crippen molar-refractivity contribution in [3.8, 4) is 11.1 Å². The third kappa shape index (κ3) is 3.42. The SMILES string of the molecule is Cc1ccc(-c2ccnc3[nH]c(C4=CCN(S(C)(=O)=O)CC4)cc23)c(C)c1. The summed E-state index contributed by atoms with van der Waals surface area (Å²) in [5.41, 5.74) is 7.87. The van der Waals surface area contributed by atoms with E-state index in [1.165, 1.54) is 27.3 Å². The maximum atomic E-state index is 11.7. The minimum atomic E-state index is -3.14. The topological polar surface area (TPSA) is 66.1 Å². The van der Waals surface area contributed by atoms with E-state index in [1.807, 2.05) is 12.3 Å². The van der Waals surface area contributed by atoms with Crippen LogP contribution >= 0.6 is 0 Å². The molecule has 3 heterocycles. The molecule has 0 fully saturated rings. The number of nitrogens with one attached hydrogen (secondary N) is 1. The summed E-state index contributed by atoms with van der Waals surface area (Å²) in [6, 6.07) is 10.7. The zero-order valence-electron chi connectivity index (χ0n) is 15.8. The van der Waals surface area contributed by atoms with Crippen LogP contribution in [0.1, 0.15) is 23.2 Å². The molecule has 0 saturated heterocycles. The van der Waals surface area contributed by atoms with Gasteiger partial charge in [-0.05, 0) is 54.7 Å². The van der Waals surface area contributed by atoms with Gasteiger partial charge in [-0.2, -0.15) is 4.31 Å². The lowest BCUT2D eigenvalue weighted by Crippen LogP contribution is -2.33. The molecule has 1 aliphatic heterocycles. The molecular weight excluding hydrogens is 358 g/mol. The van der Waals surface area contributed by atoms with Crippen molar-refractivity contribution < 1.29 is 8.42 Å². The lowest BCUT2D eigenvalue weighted by molar-refractivity contribution is 0.445. The highest BCUT2D eigenvalue weighted by atomic mass is 32.2. The van der Waals surface area contributed by atoms with Gasteiger partial charge in [-0.25, -0.2) is 13.4 Å². The normalized spacial score (nSPS) is 15.9. The Morgan fingerprint density at radius 1 is 1.11 bits per heavy atom. The first-order chi connectivity index (χ1) is 12.8. The molecule has 3 aromatic rings. The van der Waals surface area contributed by atoms with Gasteiger partial charge in [0.15, 0.2) is 0 Å². The smallest absolute Gasteiger partial charge is 0.211 e. The molecule has 4 rings (SSSR count). The van der Waals surface area contributed by atoms with E-state index in [0.29, 0.717) is 19.5 Å². The van der Waals surface area contributed by atoms with E-state index in [2.05, 4.69) is 54.1 Å². The van der Waals surface area contributed by atoms with E-state index < -0.39 is 10.0 Å². The van der Waals surface area contributed by atoms with E-state index in [-0.39, 0.29) is 0 Å². The second-order valence-corrected chi connectivity index (χ2v) is 9.20. The standard InChI is InChI=1S/C21H23N3O2S/c1-14-4-5-17(15(2)12-14)18-6-9-22-21-19(18)13-20(23-21)16-7-10-24(11-8-16)27(3,25)26/h4-7,9,12-13H,8,10-11H2,1-3H3,(H,22,23). The highest BCUT2D eigenvalue weighted by Gasteiger charge is 2.21. The van der Waals surface area contributed by atoms with Crippen LogP contribution in [0.5, 0.6) is 0 Å². The van der Waals surface area contributed by atoms with Crippen molar-refractivity contribution in [2.45, 2.75) is 20.3 Å². The number of hydrogen-bond donors (Lipinski definition) is 1. The van der Waals surface area contributed by atoms with E-state index in [9.17, 15) is 8.42 Å². The number of aromatic nitrogens is 2. The number of aryl methyl sites for hydroxylation is 2. The molecule has 0 aliphatic carbocycles. The Hall–Kier alpha value is -2.44. The summed E-state index contributed by atoms with van der Waals surface area (Å²) in [5, 5.41) is 1.09. The number of sulfonamides is 1. The summed E-state index contributed by atoms with van der Waals surface area (Å²) in [5.74, 6) is 0. The molecule has 27 heavy (non-hydrogen) atoms. The molecule has 0 saturated carbocycles. The van der Waals surface area contributed by atoms with E-state index in [1.54, 1.807) is 0 Å². The summed E-state index contributed by atoms with van der Waals surface area (Å²) in [4.78, 5) is 7.91. The maximum Gasteiger partial charge on any atom is 0.211 e. The number of aromatic amines is 1. The molecule has 0 radical (unpaired) electrons. The van der Waals surface area contributed by atoms with Crippen molar-refractivity contribution in [2.24, 2.45) is 0 Å². The van der Waals surface area contributed by atoms with Crippen molar-refractivity contribution >= 4 is 26.6 Å². The number of fused-ring (bicyclic) bond motifs is 1. The number of pyridine rings is 1. The average Bonchev–Trinajstić information content (AvgIpc) is 3.06. The number of benzene rings is 1. The molecule has 1 aromatic carbocycles. The summed E-state index contributed by atoms with van der Waals surface area (Å²) < 4.78 is 24.9. The Bertz CT molecular complexity index is 1160. The van der Waals surface area contributed by atoms with E-state index in [0.717, 1.165) is 27.9 Å². The molecule has 1 aliphatic rings. The van der Waals surface area contributed by atoms with Gasteiger partial charge in [0, 0.05) is 30.4 Å². The van der Waals surface area contributed by atoms with Gasteiger partial charge in [-0.1, -0.05) is 29.8 Å². The van der Waals surface area contributed by atoms with E-state index >= 15 is 0 Å². The van der Waals surface area contributed by atoms with Crippen LogP contribution in [0, 0.1) is 13.8 Å². The van der Waals surface area contributed by atoms with Crippen molar-refractivity contribution in [3.63, 3.8) is 0 Å². The lowest BCUT2D eigenvalue weighted by atomic mass is 9.97. The van der Waals surface area contributed by atoms with Crippen LogP contribution in [-0.2, 0) is 10.0 Å². The number of H-pyrrole nitrogens is 1. The summed E-state index contributed by atoms with van der Waals surface area (Å²) in [7, 11) is -3.14.